The zero-order valence-electron chi connectivity index (χ0n) is 9.32. The van der Waals surface area contributed by atoms with Crippen molar-refractivity contribution in [3.63, 3.8) is 0 Å². The Morgan fingerprint density at radius 3 is 1.62 bits per heavy atom. The molecule has 3 heterocycles. The van der Waals surface area contributed by atoms with Crippen LogP contribution < -0.4 is 0 Å². The fraction of sp³-hybridized carbons (Fsp3) is 0.267. The van der Waals surface area contributed by atoms with Crippen LogP contribution in [0, 0.1) is 0 Å². The lowest BCUT2D eigenvalue weighted by atomic mass is 10.0. The van der Waals surface area contributed by atoms with Gasteiger partial charge < -0.3 is 0 Å². The number of pyridine rings is 1. The van der Waals surface area contributed by atoms with Crippen molar-refractivity contribution in [2.45, 2.75) is 25.7 Å². The highest BCUT2D eigenvalue weighted by atomic mass is 14.7. The van der Waals surface area contributed by atoms with Crippen LogP contribution in [0.4, 0.5) is 0 Å². The van der Waals surface area contributed by atoms with E-state index in [1.807, 2.05) is 0 Å². The molecule has 0 unspecified atom stereocenters. The van der Waals surface area contributed by atoms with Gasteiger partial charge in [0.2, 0.25) is 0 Å². The third-order valence-corrected chi connectivity index (χ3v) is 3.23. The number of rotatable bonds is 0. The van der Waals surface area contributed by atoms with Crippen LogP contribution in [0.15, 0.2) is 42.5 Å². The van der Waals surface area contributed by atoms with Gasteiger partial charge in [-0.3, -0.25) is 4.98 Å². The molecule has 1 nitrogen and oxygen atoms in total. The van der Waals surface area contributed by atoms with Crippen molar-refractivity contribution in [1.29, 1.82) is 0 Å². The summed E-state index contributed by atoms with van der Waals surface area (Å²) in [6.45, 7) is 0. The van der Waals surface area contributed by atoms with Crippen LogP contribution in [0.5, 0.6) is 0 Å². The maximum Gasteiger partial charge on any atom is 0.0410 e. The Morgan fingerprint density at radius 2 is 1.12 bits per heavy atom. The molecule has 1 aromatic heterocycles. The van der Waals surface area contributed by atoms with Crippen molar-refractivity contribution in [3.05, 3.63) is 65.0 Å². The molecular formula is C15H15N. The van der Waals surface area contributed by atoms with Gasteiger partial charge >= 0.3 is 0 Å². The van der Waals surface area contributed by atoms with Crippen molar-refractivity contribution >= 4 is 0 Å². The highest BCUT2D eigenvalue weighted by molar-refractivity contribution is 5.25. The van der Waals surface area contributed by atoms with Crippen molar-refractivity contribution in [1.82, 2.24) is 4.98 Å². The van der Waals surface area contributed by atoms with Gasteiger partial charge in [0.25, 0.3) is 0 Å². The molecule has 16 heavy (non-hydrogen) atoms. The van der Waals surface area contributed by atoms with Gasteiger partial charge in [-0.2, -0.15) is 0 Å². The highest BCUT2D eigenvalue weighted by Gasteiger charge is 2.03. The summed E-state index contributed by atoms with van der Waals surface area (Å²) in [6.07, 6.45) is 4.29. The molecule has 2 aliphatic rings. The van der Waals surface area contributed by atoms with Crippen LogP contribution in [0.1, 0.15) is 22.5 Å². The fourth-order valence-electron chi connectivity index (χ4n) is 2.23. The first-order valence-corrected chi connectivity index (χ1v) is 5.93. The van der Waals surface area contributed by atoms with E-state index in [0.717, 1.165) is 25.7 Å². The van der Waals surface area contributed by atoms with Gasteiger partial charge in [0, 0.05) is 11.4 Å². The Bertz CT molecular complexity index is 443. The largest absolute Gasteiger partial charge is 0.258 e. The molecule has 4 rings (SSSR count). The minimum Gasteiger partial charge on any atom is -0.258 e. The summed E-state index contributed by atoms with van der Waals surface area (Å²) in [5, 5.41) is 0. The first kappa shape index (κ1) is 9.59. The number of aryl methyl sites for hydroxylation is 4. The number of hydrogen-bond donors (Lipinski definition) is 0. The molecule has 0 saturated heterocycles. The number of fused-ring (bicyclic) bond motifs is 4. The summed E-state index contributed by atoms with van der Waals surface area (Å²) in [6, 6.07) is 15.4. The average molecular weight is 209 g/mol. The maximum atomic E-state index is 4.69. The zero-order chi connectivity index (χ0) is 10.8. The van der Waals surface area contributed by atoms with E-state index in [4.69, 9.17) is 0 Å². The van der Waals surface area contributed by atoms with E-state index in [2.05, 4.69) is 47.4 Å². The molecule has 4 bridgehead atoms. The molecule has 80 valence electrons. The van der Waals surface area contributed by atoms with Gasteiger partial charge in [0.15, 0.2) is 0 Å². The maximum absolute atomic E-state index is 4.69. The lowest BCUT2D eigenvalue weighted by Gasteiger charge is -2.02. The van der Waals surface area contributed by atoms with Crippen LogP contribution >= 0.6 is 0 Å². The zero-order valence-corrected chi connectivity index (χ0v) is 9.32. The van der Waals surface area contributed by atoms with Crippen molar-refractivity contribution in [2.75, 3.05) is 0 Å². The molecule has 0 atom stereocenters. The van der Waals surface area contributed by atoms with Crippen molar-refractivity contribution < 1.29 is 0 Å². The number of nitrogens with zero attached hydrogens (tertiary/aromatic N) is 1. The Balaban J connectivity index is 1.99. The van der Waals surface area contributed by atoms with E-state index in [0.29, 0.717) is 0 Å². The third kappa shape index (κ3) is 1.99. The first-order chi connectivity index (χ1) is 7.90. The fourth-order valence-corrected chi connectivity index (χ4v) is 2.23. The van der Waals surface area contributed by atoms with Crippen LogP contribution in [-0.2, 0) is 25.7 Å². The van der Waals surface area contributed by atoms with Crippen LogP contribution in [-0.4, -0.2) is 4.98 Å². The molecular weight excluding hydrogens is 194 g/mol. The van der Waals surface area contributed by atoms with Gasteiger partial charge in [0.1, 0.15) is 0 Å². The molecule has 1 heteroatoms. The normalized spacial score (nSPS) is 14.5. The highest BCUT2D eigenvalue weighted by Crippen LogP contribution is 2.13. The quantitative estimate of drug-likeness (QED) is 0.650. The minimum atomic E-state index is 1.05. The van der Waals surface area contributed by atoms with Gasteiger partial charge in [-0.1, -0.05) is 30.3 Å². The summed E-state index contributed by atoms with van der Waals surface area (Å²) < 4.78 is 0. The van der Waals surface area contributed by atoms with E-state index in [9.17, 15) is 0 Å². The Kier molecular flexibility index (Phi) is 2.45. The molecule has 0 radical (unpaired) electrons. The number of benzene rings is 1. The Labute approximate surface area is 96.2 Å². The standard InChI is InChI=1S/C15H15N/c1-2-14-10-8-12-4-6-13(7-5-12)9-11-15(3-1)16-14/h1-7H,8-11H2. The molecule has 1 aromatic carbocycles. The number of hydrogen-bond acceptors (Lipinski definition) is 1. The van der Waals surface area contributed by atoms with Crippen molar-refractivity contribution in [2.24, 2.45) is 0 Å². The summed E-state index contributed by atoms with van der Waals surface area (Å²) in [4.78, 5) is 4.69. The summed E-state index contributed by atoms with van der Waals surface area (Å²) >= 11 is 0. The molecule has 0 amide bonds. The smallest absolute Gasteiger partial charge is 0.0410 e. The lowest BCUT2D eigenvalue weighted by Crippen LogP contribution is -1.97. The molecule has 0 spiro atoms. The lowest BCUT2D eigenvalue weighted by molar-refractivity contribution is 0.868. The summed E-state index contributed by atoms with van der Waals surface area (Å²) in [7, 11) is 0. The summed E-state index contributed by atoms with van der Waals surface area (Å²) in [5.41, 5.74) is 5.28. The SMILES string of the molecule is c1cc2nc(c1)CCc1ccc(cc1)CC2. The van der Waals surface area contributed by atoms with Gasteiger partial charge in [0.05, 0.1) is 0 Å². The average Bonchev–Trinajstić information content (AvgIpc) is 2.39. The Morgan fingerprint density at radius 1 is 0.625 bits per heavy atom. The van der Waals surface area contributed by atoms with Gasteiger partial charge in [-0.15, -0.1) is 0 Å². The predicted octanol–water partition coefficient (Wildman–Crippen LogP) is 2.97. The van der Waals surface area contributed by atoms with E-state index in [1.54, 1.807) is 0 Å². The van der Waals surface area contributed by atoms with E-state index < -0.39 is 0 Å². The van der Waals surface area contributed by atoms with Crippen molar-refractivity contribution in [3.8, 4) is 0 Å². The molecule has 0 saturated carbocycles. The second-order valence-corrected chi connectivity index (χ2v) is 4.44. The monoisotopic (exact) mass is 209 g/mol. The van der Waals surface area contributed by atoms with E-state index >= 15 is 0 Å². The van der Waals surface area contributed by atoms with Crippen LogP contribution in [0.25, 0.3) is 0 Å². The van der Waals surface area contributed by atoms with Gasteiger partial charge in [-0.05, 0) is 48.9 Å². The molecule has 2 aromatic rings. The molecule has 0 aliphatic carbocycles. The summed E-state index contributed by atoms with van der Waals surface area (Å²) in [5.74, 6) is 0. The second kappa shape index (κ2) is 4.09. The first-order valence-electron chi connectivity index (χ1n) is 5.93. The molecule has 0 N–H and O–H groups in total. The third-order valence-electron chi connectivity index (χ3n) is 3.23. The second-order valence-electron chi connectivity index (χ2n) is 4.44. The van der Waals surface area contributed by atoms with Crippen LogP contribution in [0.2, 0.25) is 0 Å². The van der Waals surface area contributed by atoms with Gasteiger partial charge in [-0.25, -0.2) is 0 Å². The predicted molar refractivity (Wildman–Crippen MR) is 65.5 cm³/mol. The van der Waals surface area contributed by atoms with Crippen LogP contribution in [0.3, 0.4) is 0 Å². The van der Waals surface area contributed by atoms with E-state index in [1.165, 1.54) is 22.5 Å². The Hall–Kier alpha value is -1.63. The molecule has 0 fully saturated rings. The van der Waals surface area contributed by atoms with E-state index in [-0.39, 0.29) is 0 Å². The topological polar surface area (TPSA) is 12.9 Å². The number of aromatic nitrogens is 1. The minimum absolute atomic E-state index is 1.05. The molecule has 2 aliphatic heterocycles.